The molecule has 9 nitrogen and oxygen atoms in total. The molecule has 0 radical (unpaired) electrons. The Morgan fingerprint density at radius 2 is 0.968 bits per heavy atom. The molecule has 6 atom stereocenters. The number of esters is 1. The van der Waals surface area contributed by atoms with Gasteiger partial charge in [0, 0.05) is 13.0 Å². The van der Waals surface area contributed by atoms with Crippen LogP contribution in [0.3, 0.4) is 0 Å². The maximum atomic E-state index is 12.8. The van der Waals surface area contributed by atoms with Crippen LogP contribution in [0.2, 0.25) is 0 Å². The molecular formula is C54H92O9. The van der Waals surface area contributed by atoms with Gasteiger partial charge in [0.25, 0.3) is 0 Å². The monoisotopic (exact) mass is 885 g/mol. The molecule has 1 fully saturated rings. The van der Waals surface area contributed by atoms with Crippen LogP contribution in [-0.2, 0) is 23.7 Å². The predicted octanol–water partition coefficient (Wildman–Crippen LogP) is 12.2. The number of rotatable bonds is 42. The number of allylic oxidation sites excluding steroid dienone is 14. The van der Waals surface area contributed by atoms with Crippen molar-refractivity contribution >= 4 is 5.97 Å². The number of aliphatic hydroxyl groups excluding tert-OH is 4. The van der Waals surface area contributed by atoms with Crippen LogP contribution >= 0.6 is 0 Å². The van der Waals surface area contributed by atoms with E-state index in [0.717, 1.165) is 103 Å². The zero-order chi connectivity index (χ0) is 45.7. The molecular weight excluding hydrogens is 793 g/mol. The molecule has 0 saturated carbocycles. The van der Waals surface area contributed by atoms with Crippen LogP contribution < -0.4 is 0 Å². The molecule has 0 aliphatic carbocycles. The normalized spacial score (nSPS) is 20.4. The third kappa shape index (κ3) is 35.3. The number of carbonyl (C=O) groups excluding carboxylic acids is 1. The molecule has 63 heavy (non-hydrogen) atoms. The molecule has 1 heterocycles. The molecule has 1 aliphatic rings. The second kappa shape index (κ2) is 44.6. The Hall–Kier alpha value is -2.63. The van der Waals surface area contributed by atoms with E-state index in [1.165, 1.54) is 64.2 Å². The van der Waals surface area contributed by atoms with E-state index >= 15 is 0 Å². The number of unbranched alkanes of at least 4 members (excludes halogenated alkanes) is 17. The van der Waals surface area contributed by atoms with Crippen LogP contribution in [0.5, 0.6) is 0 Å². The largest absolute Gasteiger partial charge is 0.457 e. The quantitative estimate of drug-likeness (QED) is 0.0268. The molecule has 0 aromatic heterocycles. The predicted molar refractivity (Wildman–Crippen MR) is 260 cm³/mol. The van der Waals surface area contributed by atoms with Gasteiger partial charge in [-0.3, -0.25) is 4.79 Å². The van der Waals surface area contributed by atoms with Crippen molar-refractivity contribution in [2.45, 2.75) is 224 Å². The summed E-state index contributed by atoms with van der Waals surface area (Å²) in [5.41, 5.74) is 0. The molecule has 1 rings (SSSR count). The second-order valence-corrected chi connectivity index (χ2v) is 16.9. The van der Waals surface area contributed by atoms with Crippen LogP contribution in [0.4, 0.5) is 0 Å². The first-order chi connectivity index (χ1) is 30.9. The van der Waals surface area contributed by atoms with Crippen molar-refractivity contribution < 1.29 is 44.2 Å². The van der Waals surface area contributed by atoms with Crippen molar-refractivity contribution in [2.75, 3.05) is 26.4 Å². The second-order valence-electron chi connectivity index (χ2n) is 16.9. The lowest BCUT2D eigenvalue weighted by atomic mass is 9.99. The summed E-state index contributed by atoms with van der Waals surface area (Å²) >= 11 is 0. The van der Waals surface area contributed by atoms with E-state index in [-0.39, 0.29) is 19.2 Å². The van der Waals surface area contributed by atoms with Gasteiger partial charge >= 0.3 is 5.97 Å². The van der Waals surface area contributed by atoms with E-state index < -0.39 is 43.4 Å². The lowest BCUT2D eigenvalue weighted by Crippen LogP contribution is -2.59. The van der Waals surface area contributed by atoms with Crippen molar-refractivity contribution in [1.82, 2.24) is 0 Å². The van der Waals surface area contributed by atoms with Gasteiger partial charge in [0.2, 0.25) is 0 Å². The van der Waals surface area contributed by atoms with Crippen molar-refractivity contribution in [3.05, 3.63) is 85.1 Å². The smallest absolute Gasteiger partial charge is 0.306 e. The lowest BCUT2D eigenvalue weighted by Gasteiger charge is -2.39. The fraction of sp³-hybridized carbons (Fsp3) is 0.722. The summed E-state index contributed by atoms with van der Waals surface area (Å²) in [5.74, 6) is -0.333. The molecule has 0 aromatic carbocycles. The minimum Gasteiger partial charge on any atom is -0.457 e. The van der Waals surface area contributed by atoms with Crippen LogP contribution in [0, 0.1) is 0 Å². The van der Waals surface area contributed by atoms with E-state index in [4.69, 9.17) is 18.9 Å². The average Bonchev–Trinajstić information content (AvgIpc) is 3.28. The van der Waals surface area contributed by atoms with Crippen molar-refractivity contribution in [2.24, 2.45) is 0 Å². The summed E-state index contributed by atoms with van der Waals surface area (Å²) in [6.45, 7) is 4.40. The van der Waals surface area contributed by atoms with Crippen LogP contribution in [0.15, 0.2) is 85.1 Å². The summed E-state index contributed by atoms with van der Waals surface area (Å²) in [4.78, 5) is 12.8. The Balaban J connectivity index is 2.24. The van der Waals surface area contributed by atoms with E-state index in [1.54, 1.807) is 0 Å². The molecule has 0 bridgehead atoms. The minimum atomic E-state index is -1.55. The minimum absolute atomic E-state index is 0.126. The van der Waals surface area contributed by atoms with Crippen LogP contribution in [0.25, 0.3) is 0 Å². The van der Waals surface area contributed by atoms with Gasteiger partial charge < -0.3 is 39.4 Å². The Morgan fingerprint density at radius 3 is 1.48 bits per heavy atom. The molecule has 4 N–H and O–H groups in total. The third-order valence-electron chi connectivity index (χ3n) is 11.0. The first-order valence-electron chi connectivity index (χ1n) is 25.2. The third-order valence-corrected chi connectivity index (χ3v) is 11.0. The fourth-order valence-corrected chi connectivity index (χ4v) is 7.14. The molecule has 9 heteroatoms. The standard InChI is InChI=1S/C54H92O9/c1-3-5-7-9-11-13-15-17-19-20-21-22-23-24-25-26-27-28-29-31-33-35-37-39-41-43-50(56)62-48(47-61-54-53(59)52(58)51(57)49(45-55)63-54)46-60-44-42-40-38-36-34-32-30-18-16-14-12-10-8-6-4-2/h5,7,11,13,16-19,21-22,24-25,27-28,48-49,51-55,57-59H,3-4,6,8-10,12,14-15,20,23,26,29-47H2,1-2H3/b7-5-,13-11-,18-16-,19-17-,22-21-,25-24-,28-27-. The van der Waals surface area contributed by atoms with Gasteiger partial charge in [-0.25, -0.2) is 0 Å². The molecule has 1 saturated heterocycles. The molecule has 362 valence electrons. The average molecular weight is 885 g/mol. The fourth-order valence-electron chi connectivity index (χ4n) is 7.14. The van der Waals surface area contributed by atoms with Gasteiger partial charge in [-0.05, 0) is 89.9 Å². The SMILES string of the molecule is CC/C=C\C/C=C\C/C=C\C/C=C\C/C=C\C/C=C\CCCCCCCCC(=O)OC(COCCCCCCCC/C=C\CCCCCCC)COC1OC(CO)C(O)C(O)C1O. The van der Waals surface area contributed by atoms with Gasteiger partial charge in [-0.2, -0.15) is 0 Å². The van der Waals surface area contributed by atoms with E-state index in [0.29, 0.717) is 13.0 Å². The first-order valence-corrected chi connectivity index (χ1v) is 25.2. The number of ether oxygens (including phenoxy) is 4. The highest BCUT2D eigenvalue weighted by Crippen LogP contribution is 2.22. The summed E-state index contributed by atoms with van der Waals surface area (Å²) < 4.78 is 22.8. The van der Waals surface area contributed by atoms with E-state index in [2.05, 4.69) is 98.9 Å². The zero-order valence-electron chi connectivity index (χ0n) is 39.8. The summed E-state index contributed by atoms with van der Waals surface area (Å²) in [6.07, 6.45) is 53.2. The maximum absolute atomic E-state index is 12.8. The van der Waals surface area contributed by atoms with Gasteiger partial charge in [0.15, 0.2) is 6.29 Å². The van der Waals surface area contributed by atoms with Gasteiger partial charge in [0.1, 0.15) is 30.5 Å². The number of hydrogen-bond donors (Lipinski definition) is 4. The van der Waals surface area contributed by atoms with Crippen LogP contribution in [0.1, 0.15) is 187 Å². The zero-order valence-corrected chi connectivity index (χ0v) is 39.8. The molecule has 1 aliphatic heterocycles. The first kappa shape index (κ1) is 58.4. The van der Waals surface area contributed by atoms with Gasteiger partial charge in [0.05, 0.1) is 19.8 Å². The topological polar surface area (TPSA) is 135 Å². The Kier molecular flexibility index (Phi) is 41.3. The lowest BCUT2D eigenvalue weighted by molar-refractivity contribution is -0.305. The highest BCUT2D eigenvalue weighted by atomic mass is 16.7. The number of aliphatic hydroxyl groups is 4. The summed E-state index contributed by atoms with van der Waals surface area (Å²) in [5, 5.41) is 40.2. The number of hydrogen-bond acceptors (Lipinski definition) is 9. The number of carbonyl (C=O) groups is 1. The van der Waals surface area contributed by atoms with Crippen molar-refractivity contribution in [3.63, 3.8) is 0 Å². The Bertz CT molecular complexity index is 1240. The van der Waals surface area contributed by atoms with Crippen molar-refractivity contribution in [3.8, 4) is 0 Å². The summed E-state index contributed by atoms with van der Waals surface area (Å²) in [6, 6.07) is 0. The van der Waals surface area contributed by atoms with Gasteiger partial charge in [-0.1, -0.05) is 176 Å². The van der Waals surface area contributed by atoms with E-state index in [1.807, 2.05) is 0 Å². The van der Waals surface area contributed by atoms with E-state index in [9.17, 15) is 25.2 Å². The molecule has 0 aromatic rings. The van der Waals surface area contributed by atoms with Gasteiger partial charge in [-0.15, -0.1) is 0 Å². The Labute approximate surface area is 384 Å². The summed E-state index contributed by atoms with van der Waals surface area (Å²) in [7, 11) is 0. The van der Waals surface area contributed by atoms with Crippen molar-refractivity contribution in [1.29, 1.82) is 0 Å². The molecule has 0 amide bonds. The highest BCUT2D eigenvalue weighted by Gasteiger charge is 2.44. The molecule has 0 spiro atoms. The van der Waals surface area contributed by atoms with Crippen LogP contribution in [-0.4, -0.2) is 89.6 Å². The Morgan fingerprint density at radius 1 is 0.524 bits per heavy atom. The maximum Gasteiger partial charge on any atom is 0.306 e. The molecule has 6 unspecified atom stereocenters. The highest BCUT2D eigenvalue weighted by molar-refractivity contribution is 5.69.